The zero-order valence-electron chi connectivity index (χ0n) is 10.3. The molecule has 4 heteroatoms. The molecule has 2 rings (SSSR count). The van der Waals surface area contributed by atoms with Crippen LogP contribution < -0.4 is 5.32 Å². The number of hydrogen-bond donors (Lipinski definition) is 1. The Labute approximate surface area is 106 Å². The Hall–Kier alpha value is -1.10. The second-order valence-corrected chi connectivity index (χ2v) is 5.46. The molecule has 0 unspecified atom stereocenters. The molecule has 2 aromatic heterocycles. The van der Waals surface area contributed by atoms with Gasteiger partial charge in [-0.05, 0) is 32.3 Å². The summed E-state index contributed by atoms with van der Waals surface area (Å²) in [7, 11) is 4.11. The molecule has 0 saturated carbocycles. The molecule has 3 nitrogen and oxygen atoms in total. The lowest BCUT2D eigenvalue weighted by Gasteiger charge is -2.13. The van der Waals surface area contributed by atoms with Gasteiger partial charge in [-0.25, -0.2) is 0 Å². The van der Waals surface area contributed by atoms with E-state index in [-0.39, 0.29) is 0 Å². The lowest BCUT2D eigenvalue weighted by atomic mass is 10.3. The van der Waals surface area contributed by atoms with E-state index in [4.69, 9.17) is 4.42 Å². The summed E-state index contributed by atoms with van der Waals surface area (Å²) in [4.78, 5) is 5.08. The van der Waals surface area contributed by atoms with Crippen LogP contribution in [0.15, 0.2) is 35.1 Å². The monoisotopic (exact) mass is 250 g/mol. The van der Waals surface area contributed by atoms with Gasteiger partial charge in [-0.3, -0.25) is 4.90 Å². The number of furan rings is 1. The van der Waals surface area contributed by atoms with Crippen LogP contribution in [0.1, 0.15) is 15.3 Å². The SMILES string of the molecule is CNCc1ccc(CN(C)Cc2ccoc2)s1. The van der Waals surface area contributed by atoms with Gasteiger partial charge in [-0.1, -0.05) is 0 Å². The minimum Gasteiger partial charge on any atom is -0.472 e. The summed E-state index contributed by atoms with van der Waals surface area (Å²) >= 11 is 1.87. The van der Waals surface area contributed by atoms with Crippen LogP contribution in [0.5, 0.6) is 0 Å². The molecule has 0 fully saturated rings. The largest absolute Gasteiger partial charge is 0.472 e. The number of nitrogens with one attached hydrogen (secondary N) is 1. The molecule has 17 heavy (non-hydrogen) atoms. The molecule has 0 aliphatic rings. The van der Waals surface area contributed by atoms with Gasteiger partial charge >= 0.3 is 0 Å². The standard InChI is InChI=1S/C13H18N2OS/c1-14-7-12-3-4-13(17-12)9-15(2)8-11-5-6-16-10-11/h3-6,10,14H,7-9H2,1-2H3. The Morgan fingerprint density at radius 2 is 2.06 bits per heavy atom. The minimum atomic E-state index is 0.926. The maximum Gasteiger partial charge on any atom is 0.0947 e. The Bertz CT molecular complexity index is 436. The predicted octanol–water partition coefficient (Wildman–Crippen LogP) is 2.69. The van der Waals surface area contributed by atoms with Crippen LogP contribution >= 0.6 is 11.3 Å². The molecule has 0 saturated heterocycles. The zero-order chi connectivity index (χ0) is 12.1. The topological polar surface area (TPSA) is 28.4 Å². The van der Waals surface area contributed by atoms with Gasteiger partial charge < -0.3 is 9.73 Å². The van der Waals surface area contributed by atoms with Crippen LogP contribution in [0.25, 0.3) is 0 Å². The van der Waals surface area contributed by atoms with Crippen molar-refractivity contribution in [3.8, 4) is 0 Å². The second-order valence-electron chi connectivity index (χ2n) is 4.20. The van der Waals surface area contributed by atoms with Gasteiger partial charge in [0.1, 0.15) is 0 Å². The van der Waals surface area contributed by atoms with Crippen molar-refractivity contribution in [1.82, 2.24) is 10.2 Å². The third-order valence-corrected chi connectivity index (χ3v) is 3.60. The van der Waals surface area contributed by atoms with Crippen molar-refractivity contribution in [2.45, 2.75) is 19.6 Å². The molecule has 0 radical (unpaired) electrons. The first-order chi connectivity index (χ1) is 8.28. The molecule has 0 aliphatic heterocycles. The summed E-state index contributed by atoms with van der Waals surface area (Å²) in [5.74, 6) is 0. The van der Waals surface area contributed by atoms with E-state index in [1.165, 1.54) is 15.3 Å². The highest BCUT2D eigenvalue weighted by atomic mass is 32.1. The average Bonchev–Trinajstić information content (AvgIpc) is 2.91. The van der Waals surface area contributed by atoms with E-state index >= 15 is 0 Å². The summed E-state index contributed by atoms with van der Waals surface area (Å²) in [6.45, 7) is 2.87. The maximum atomic E-state index is 5.07. The maximum absolute atomic E-state index is 5.07. The molecule has 0 spiro atoms. The predicted molar refractivity (Wildman–Crippen MR) is 71.0 cm³/mol. The Morgan fingerprint density at radius 3 is 2.76 bits per heavy atom. The lowest BCUT2D eigenvalue weighted by molar-refractivity contribution is 0.320. The molecule has 1 N–H and O–H groups in total. The van der Waals surface area contributed by atoms with E-state index in [0.717, 1.165) is 19.6 Å². The first-order valence-corrected chi connectivity index (χ1v) is 6.51. The van der Waals surface area contributed by atoms with E-state index in [1.807, 2.05) is 24.5 Å². The van der Waals surface area contributed by atoms with Crippen LogP contribution in [-0.4, -0.2) is 19.0 Å². The van der Waals surface area contributed by atoms with Crippen molar-refractivity contribution in [2.24, 2.45) is 0 Å². The summed E-state index contributed by atoms with van der Waals surface area (Å²) in [6, 6.07) is 6.42. The van der Waals surface area contributed by atoms with Gasteiger partial charge in [0.05, 0.1) is 12.5 Å². The quantitative estimate of drug-likeness (QED) is 0.854. The molecule has 92 valence electrons. The van der Waals surface area contributed by atoms with Crippen molar-refractivity contribution < 1.29 is 4.42 Å². The van der Waals surface area contributed by atoms with Crippen LogP contribution in [-0.2, 0) is 19.6 Å². The van der Waals surface area contributed by atoms with Crippen molar-refractivity contribution in [3.63, 3.8) is 0 Å². The van der Waals surface area contributed by atoms with Crippen LogP contribution in [0.2, 0.25) is 0 Å². The van der Waals surface area contributed by atoms with Gasteiger partial charge in [-0.2, -0.15) is 0 Å². The van der Waals surface area contributed by atoms with Gasteiger partial charge in [0.2, 0.25) is 0 Å². The van der Waals surface area contributed by atoms with Crippen molar-refractivity contribution in [1.29, 1.82) is 0 Å². The molecule has 2 heterocycles. The fourth-order valence-electron chi connectivity index (χ4n) is 1.79. The highest BCUT2D eigenvalue weighted by Crippen LogP contribution is 2.18. The van der Waals surface area contributed by atoms with Crippen LogP contribution in [0.3, 0.4) is 0 Å². The minimum absolute atomic E-state index is 0.926. The van der Waals surface area contributed by atoms with E-state index in [0.29, 0.717) is 0 Å². The molecule has 2 aromatic rings. The fraction of sp³-hybridized carbons (Fsp3) is 0.385. The molecule has 0 atom stereocenters. The Balaban J connectivity index is 1.86. The van der Waals surface area contributed by atoms with Crippen LogP contribution in [0.4, 0.5) is 0 Å². The lowest BCUT2D eigenvalue weighted by Crippen LogP contribution is -2.15. The smallest absolute Gasteiger partial charge is 0.0947 e. The summed E-state index contributed by atoms with van der Waals surface area (Å²) in [5, 5.41) is 3.17. The third-order valence-electron chi connectivity index (χ3n) is 2.53. The normalized spacial score (nSPS) is 11.2. The molecule has 0 bridgehead atoms. The number of thiophene rings is 1. The van der Waals surface area contributed by atoms with E-state index in [9.17, 15) is 0 Å². The fourth-order valence-corrected chi connectivity index (χ4v) is 2.90. The first kappa shape index (κ1) is 12.4. The molecule has 0 aromatic carbocycles. The first-order valence-electron chi connectivity index (χ1n) is 5.69. The van der Waals surface area contributed by atoms with E-state index < -0.39 is 0 Å². The van der Waals surface area contributed by atoms with Gasteiger partial charge in [-0.15, -0.1) is 11.3 Å². The number of hydrogen-bond acceptors (Lipinski definition) is 4. The van der Waals surface area contributed by atoms with Crippen molar-refractivity contribution >= 4 is 11.3 Å². The highest BCUT2D eigenvalue weighted by Gasteiger charge is 2.05. The Kier molecular flexibility index (Phi) is 4.36. The second kappa shape index (κ2) is 6.00. The molecule has 0 aliphatic carbocycles. The number of rotatable bonds is 6. The van der Waals surface area contributed by atoms with Crippen molar-refractivity contribution in [3.05, 3.63) is 46.0 Å². The van der Waals surface area contributed by atoms with Gasteiger partial charge in [0.15, 0.2) is 0 Å². The summed E-state index contributed by atoms with van der Waals surface area (Å²) in [5.41, 5.74) is 1.22. The summed E-state index contributed by atoms with van der Waals surface area (Å²) < 4.78 is 5.07. The molecule has 0 amide bonds. The highest BCUT2D eigenvalue weighted by molar-refractivity contribution is 7.11. The molecular formula is C13H18N2OS. The van der Waals surface area contributed by atoms with Crippen LogP contribution in [0, 0.1) is 0 Å². The van der Waals surface area contributed by atoms with E-state index in [2.05, 4.69) is 29.4 Å². The van der Waals surface area contributed by atoms with Gasteiger partial charge in [0, 0.05) is 35.0 Å². The van der Waals surface area contributed by atoms with E-state index in [1.54, 1.807) is 12.5 Å². The Morgan fingerprint density at radius 1 is 1.24 bits per heavy atom. The number of nitrogens with zero attached hydrogens (tertiary/aromatic N) is 1. The molecular weight excluding hydrogens is 232 g/mol. The third kappa shape index (κ3) is 3.70. The summed E-state index contributed by atoms with van der Waals surface area (Å²) in [6.07, 6.45) is 3.52. The van der Waals surface area contributed by atoms with Crippen molar-refractivity contribution in [2.75, 3.05) is 14.1 Å². The zero-order valence-corrected chi connectivity index (χ0v) is 11.1. The van der Waals surface area contributed by atoms with Gasteiger partial charge in [0.25, 0.3) is 0 Å². The average molecular weight is 250 g/mol.